The maximum absolute atomic E-state index is 12.3. The number of nitrogens with one attached hydrogen (secondary N) is 1. The van der Waals surface area contributed by atoms with Crippen LogP contribution in [0.1, 0.15) is 20.7 Å². The van der Waals surface area contributed by atoms with E-state index in [9.17, 15) is 9.59 Å². The summed E-state index contributed by atoms with van der Waals surface area (Å²) in [6.45, 7) is -0.431. The van der Waals surface area contributed by atoms with Crippen LogP contribution >= 0.6 is 34.8 Å². The molecule has 0 bridgehead atoms. The van der Waals surface area contributed by atoms with Gasteiger partial charge in [0.25, 0.3) is 0 Å². The Balaban J connectivity index is 1.77. The Hall–Kier alpha value is -2.01. The molecule has 1 heterocycles. The van der Waals surface area contributed by atoms with E-state index in [0.29, 0.717) is 5.56 Å². The standard InChI is InChI=1S/C17H10Cl3NO3/c18-11-5-6-12(19)16(20)15(11)17(23)24-8-14(22)10-7-21-13-4-2-1-3-9(10)13/h1-7,21H,8H2. The zero-order valence-electron chi connectivity index (χ0n) is 12.1. The highest BCUT2D eigenvalue weighted by atomic mass is 35.5. The molecule has 3 rings (SSSR count). The largest absolute Gasteiger partial charge is 0.454 e. The van der Waals surface area contributed by atoms with E-state index in [-0.39, 0.29) is 26.4 Å². The molecule has 24 heavy (non-hydrogen) atoms. The Morgan fingerprint density at radius 2 is 1.71 bits per heavy atom. The van der Waals surface area contributed by atoms with Gasteiger partial charge in [-0.3, -0.25) is 4.79 Å². The molecular formula is C17H10Cl3NO3. The first kappa shape index (κ1) is 16.8. The van der Waals surface area contributed by atoms with Crippen molar-refractivity contribution < 1.29 is 14.3 Å². The van der Waals surface area contributed by atoms with Crippen molar-refractivity contribution in [1.29, 1.82) is 0 Å². The number of hydrogen-bond acceptors (Lipinski definition) is 3. The molecule has 0 saturated carbocycles. The van der Waals surface area contributed by atoms with Gasteiger partial charge in [0.1, 0.15) is 0 Å². The fraction of sp³-hybridized carbons (Fsp3) is 0.0588. The number of carbonyl (C=O) groups is 2. The van der Waals surface area contributed by atoms with Crippen LogP contribution in [0.2, 0.25) is 15.1 Å². The van der Waals surface area contributed by atoms with E-state index in [1.807, 2.05) is 24.3 Å². The van der Waals surface area contributed by atoms with Gasteiger partial charge in [-0.2, -0.15) is 0 Å². The third-order valence-corrected chi connectivity index (χ3v) is 4.59. The third kappa shape index (κ3) is 3.13. The maximum Gasteiger partial charge on any atom is 0.341 e. The number of Topliss-reactive ketones (excluding diaryl/α,β-unsaturated/α-hetero) is 1. The van der Waals surface area contributed by atoms with Crippen LogP contribution in [-0.4, -0.2) is 23.3 Å². The predicted octanol–water partition coefficient (Wildman–Crippen LogP) is 5.17. The fourth-order valence-electron chi connectivity index (χ4n) is 2.30. The summed E-state index contributed by atoms with van der Waals surface area (Å²) in [5.41, 5.74) is 1.22. The zero-order chi connectivity index (χ0) is 17.3. The van der Waals surface area contributed by atoms with Crippen molar-refractivity contribution in [2.24, 2.45) is 0 Å². The summed E-state index contributed by atoms with van der Waals surface area (Å²) < 4.78 is 5.05. The lowest BCUT2D eigenvalue weighted by atomic mass is 10.1. The van der Waals surface area contributed by atoms with Gasteiger partial charge in [-0.15, -0.1) is 0 Å². The molecule has 0 atom stereocenters. The van der Waals surface area contributed by atoms with Crippen LogP contribution < -0.4 is 0 Å². The Bertz CT molecular complexity index is 949. The van der Waals surface area contributed by atoms with Crippen LogP contribution in [0, 0.1) is 0 Å². The number of aromatic amines is 1. The molecule has 3 aromatic rings. The minimum absolute atomic E-state index is 0.00582. The number of ether oxygens (including phenoxy) is 1. The summed E-state index contributed by atoms with van der Waals surface area (Å²) >= 11 is 17.8. The van der Waals surface area contributed by atoms with Gasteiger partial charge in [0, 0.05) is 22.7 Å². The third-order valence-electron chi connectivity index (χ3n) is 3.47. The van der Waals surface area contributed by atoms with Crippen LogP contribution in [0.15, 0.2) is 42.6 Å². The minimum atomic E-state index is -0.805. The second-order valence-electron chi connectivity index (χ2n) is 4.97. The van der Waals surface area contributed by atoms with E-state index < -0.39 is 12.6 Å². The number of esters is 1. The molecule has 0 aliphatic carbocycles. The number of halogens is 3. The van der Waals surface area contributed by atoms with Crippen molar-refractivity contribution in [3.8, 4) is 0 Å². The number of benzene rings is 2. The fourth-order valence-corrected chi connectivity index (χ4v) is 2.98. The van der Waals surface area contributed by atoms with E-state index in [1.54, 1.807) is 6.20 Å². The second-order valence-corrected chi connectivity index (χ2v) is 6.16. The van der Waals surface area contributed by atoms with E-state index in [2.05, 4.69) is 4.98 Å². The lowest BCUT2D eigenvalue weighted by Crippen LogP contribution is -2.15. The summed E-state index contributed by atoms with van der Waals surface area (Å²) in [7, 11) is 0. The number of para-hydroxylation sites is 1. The summed E-state index contributed by atoms with van der Waals surface area (Å²) in [5, 5.41) is 1.04. The van der Waals surface area contributed by atoms with E-state index in [1.165, 1.54) is 12.1 Å². The minimum Gasteiger partial charge on any atom is -0.454 e. The number of rotatable bonds is 4. The normalized spacial score (nSPS) is 10.8. The van der Waals surface area contributed by atoms with Crippen molar-refractivity contribution in [2.75, 3.05) is 6.61 Å². The molecule has 0 aliphatic rings. The molecule has 2 aromatic carbocycles. The van der Waals surface area contributed by atoms with Gasteiger partial charge >= 0.3 is 5.97 Å². The van der Waals surface area contributed by atoms with Gasteiger partial charge in [-0.05, 0) is 18.2 Å². The first-order valence-electron chi connectivity index (χ1n) is 6.89. The van der Waals surface area contributed by atoms with Crippen molar-refractivity contribution in [1.82, 2.24) is 4.98 Å². The summed E-state index contributed by atoms with van der Waals surface area (Å²) in [6, 6.07) is 10.3. The molecule has 4 nitrogen and oxygen atoms in total. The van der Waals surface area contributed by atoms with Crippen LogP contribution in [0.3, 0.4) is 0 Å². The summed E-state index contributed by atoms with van der Waals surface area (Å²) in [6.07, 6.45) is 1.58. The second kappa shape index (κ2) is 6.85. The lowest BCUT2D eigenvalue weighted by Gasteiger charge is -2.08. The smallest absolute Gasteiger partial charge is 0.341 e. The average molecular weight is 383 g/mol. The SMILES string of the molecule is O=C(OCC(=O)c1c[nH]c2ccccc12)c1c(Cl)ccc(Cl)c1Cl. The molecule has 1 N–H and O–H groups in total. The average Bonchev–Trinajstić information content (AvgIpc) is 3.00. The van der Waals surface area contributed by atoms with Gasteiger partial charge in [0.15, 0.2) is 6.61 Å². The molecule has 0 radical (unpaired) electrons. The van der Waals surface area contributed by atoms with Gasteiger partial charge in [-0.25, -0.2) is 4.79 Å². The molecule has 7 heteroatoms. The van der Waals surface area contributed by atoms with Crippen LogP contribution in [-0.2, 0) is 4.74 Å². The molecule has 0 unspecified atom stereocenters. The molecule has 0 saturated heterocycles. The Kier molecular flexibility index (Phi) is 4.81. The molecule has 0 amide bonds. The summed E-state index contributed by atoms with van der Waals surface area (Å²) in [5.74, 6) is -1.14. The first-order valence-corrected chi connectivity index (χ1v) is 8.02. The van der Waals surface area contributed by atoms with E-state index in [4.69, 9.17) is 39.5 Å². The zero-order valence-corrected chi connectivity index (χ0v) is 14.4. The number of hydrogen-bond donors (Lipinski definition) is 1. The molecule has 0 spiro atoms. The van der Waals surface area contributed by atoms with Gasteiger partial charge < -0.3 is 9.72 Å². The molecular weight excluding hydrogens is 373 g/mol. The predicted molar refractivity (Wildman–Crippen MR) is 94.4 cm³/mol. The Morgan fingerprint density at radius 1 is 1.00 bits per heavy atom. The van der Waals surface area contributed by atoms with Gasteiger partial charge in [0.2, 0.25) is 5.78 Å². The van der Waals surface area contributed by atoms with Gasteiger partial charge in [-0.1, -0.05) is 53.0 Å². The van der Waals surface area contributed by atoms with Crippen molar-refractivity contribution in [2.45, 2.75) is 0 Å². The van der Waals surface area contributed by atoms with E-state index in [0.717, 1.165) is 10.9 Å². The number of fused-ring (bicyclic) bond motifs is 1. The van der Waals surface area contributed by atoms with Crippen molar-refractivity contribution >= 4 is 57.5 Å². The molecule has 122 valence electrons. The monoisotopic (exact) mass is 381 g/mol. The van der Waals surface area contributed by atoms with Crippen molar-refractivity contribution in [3.05, 3.63) is 68.8 Å². The summed E-state index contributed by atoms with van der Waals surface area (Å²) in [4.78, 5) is 27.5. The number of ketones is 1. The molecule has 0 aliphatic heterocycles. The molecule has 0 fully saturated rings. The topological polar surface area (TPSA) is 59.2 Å². The highest BCUT2D eigenvalue weighted by Crippen LogP contribution is 2.32. The highest BCUT2D eigenvalue weighted by molar-refractivity contribution is 6.46. The van der Waals surface area contributed by atoms with Crippen molar-refractivity contribution in [3.63, 3.8) is 0 Å². The van der Waals surface area contributed by atoms with Crippen LogP contribution in [0.25, 0.3) is 10.9 Å². The van der Waals surface area contributed by atoms with E-state index >= 15 is 0 Å². The number of carbonyl (C=O) groups excluding carboxylic acids is 2. The lowest BCUT2D eigenvalue weighted by molar-refractivity contribution is 0.0475. The number of aromatic nitrogens is 1. The quantitative estimate of drug-likeness (QED) is 0.385. The first-order chi connectivity index (χ1) is 11.5. The van der Waals surface area contributed by atoms with Crippen LogP contribution in [0.4, 0.5) is 0 Å². The highest BCUT2D eigenvalue weighted by Gasteiger charge is 2.21. The van der Waals surface area contributed by atoms with Gasteiger partial charge in [0.05, 0.1) is 20.6 Å². The Labute approximate surface area is 152 Å². The van der Waals surface area contributed by atoms with Crippen LogP contribution in [0.5, 0.6) is 0 Å². The number of H-pyrrole nitrogens is 1. The Morgan fingerprint density at radius 3 is 2.50 bits per heavy atom. The molecule has 1 aromatic heterocycles. The maximum atomic E-state index is 12.3.